The Morgan fingerprint density at radius 2 is 2.50 bits per heavy atom. The Kier molecular flexibility index (Phi) is 3.58. The maximum Gasteiger partial charge on any atom is 0.254 e. The van der Waals surface area contributed by atoms with Gasteiger partial charge in [0.05, 0.1) is 25.6 Å². The highest BCUT2D eigenvalue weighted by atomic mass is 35.5. The Labute approximate surface area is 98.6 Å². The van der Waals surface area contributed by atoms with Crippen LogP contribution in [0.1, 0.15) is 0 Å². The smallest absolute Gasteiger partial charge is 0.254 e. The first-order valence-electron chi connectivity index (χ1n) is 5.17. The monoisotopic (exact) mass is 243 g/mol. The number of ether oxygens (including phenoxy) is 1. The lowest BCUT2D eigenvalue weighted by atomic mass is 10.3. The van der Waals surface area contributed by atoms with Gasteiger partial charge in [-0.25, -0.2) is 4.98 Å². The third-order valence-corrected chi connectivity index (χ3v) is 2.80. The summed E-state index contributed by atoms with van der Waals surface area (Å²) >= 11 is 5.62. The lowest BCUT2D eigenvalue weighted by molar-refractivity contribution is -0.0280. The molecular formula is C10H14ClN3O2. The average Bonchev–Trinajstić information content (AvgIpc) is 2.22. The second kappa shape index (κ2) is 4.95. The van der Waals surface area contributed by atoms with Gasteiger partial charge in [0.25, 0.3) is 5.56 Å². The van der Waals surface area contributed by atoms with Gasteiger partial charge in [-0.2, -0.15) is 0 Å². The molecule has 1 atom stereocenters. The fourth-order valence-corrected chi connectivity index (χ4v) is 1.87. The van der Waals surface area contributed by atoms with Gasteiger partial charge in [-0.15, -0.1) is 0 Å². The second-order valence-electron chi connectivity index (χ2n) is 3.96. The van der Waals surface area contributed by atoms with Crippen molar-refractivity contribution in [2.75, 3.05) is 26.7 Å². The van der Waals surface area contributed by atoms with E-state index in [1.54, 1.807) is 0 Å². The summed E-state index contributed by atoms with van der Waals surface area (Å²) in [5, 5.41) is 0.225. The van der Waals surface area contributed by atoms with E-state index in [4.69, 9.17) is 16.3 Å². The Morgan fingerprint density at radius 1 is 1.69 bits per heavy atom. The van der Waals surface area contributed by atoms with E-state index in [1.807, 2.05) is 7.05 Å². The number of hydrogen-bond donors (Lipinski definition) is 0. The van der Waals surface area contributed by atoms with E-state index in [0.29, 0.717) is 13.2 Å². The highest BCUT2D eigenvalue weighted by molar-refractivity contribution is 6.29. The fraction of sp³-hybridized carbons (Fsp3) is 0.600. The molecule has 88 valence electrons. The number of aromatic nitrogens is 2. The molecule has 1 unspecified atom stereocenters. The van der Waals surface area contributed by atoms with Crippen LogP contribution in [0.3, 0.4) is 0 Å². The Morgan fingerprint density at radius 3 is 3.19 bits per heavy atom. The van der Waals surface area contributed by atoms with Gasteiger partial charge in [0, 0.05) is 19.2 Å². The summed E-state index contributed by atoms with van der Waals surface area (Å²) in [7, 11) is 2.04. The third kappa shape index (κ3) is 2.81. The van der Waals surface area contributed by atoms with Crippen molar-refractivity contribution in [1.82, 2.24) is 14.5 Å². The van der Waals surface area contributed by atoms with Crippen molar-refractivity contribution < 1.29 is 4.74 Å². The van der Waals surface area contributed by atoms with Crippen LogP contribution in [0.15, 0.2) is 17.2 Å². The van der Waals surface area contributed by atoms with Gasteiger partial charge < -0.3 is 9.64 Å². The molecular weight excluding hydrogens is 230 g/mol. The molecule has 1 saturated heterocycles. The Balaban J connectivity index is 2.06. The van der Waals surface area contributed by atoms with Crippen molar-refractivity contribution in [3.63, 3.8) is 0 Å². The van der Waals surface area contributed by atoms with Gasteiger partial charge in [-0.3, -0.25) is 9.36 Å². The molecule has 2 heterocycles. The molecule has 0 radical (unpaired) electrons. The SMILES string of the molecule is CN1CCOC(Cn2cnc(Cl)cc2=O)C1. The fourth-order valence-electron chi connectivity index (χ4n) is 1.74. The van der Waals surface area contributed by atoms with Crippen LogP contribution in [-0.4, -0.2) is 47.3 Å². The van der Waals surface area contributed by atoms with Crippen molar-refractivity contribution in [2.24, 2.45) is 0 Å². The second-order valence-corrected chi connectivity index (χ2v) is 4.34. The number of rotatable bonds is 2. The van der Waals surface area contributed by atoms with E-state index in [0.717, 1.165) is 13.1 Å². The minimum atomic E-state index is -0.142. The zero-order chi connectivity index (χ0) is 11.5. The molecule has 0 N–H and O–H groups in total. The molecule has 1 aromatic rings. The van der Waals surface area contributed by atoms with E-state index >= 15 is 0 Å². The normalized spacial score (nSPS) is 22.2. The van der Waals surface area contributed by atoms with Crippen molar-refractivity contribution in [3.05, 3.63) is 27.9 Å². The van der Waals surface area contributed by atoms with Gasteiger partial charge >= 0.3 is 0 Å². The van der Waals surface area contributed by atoms with Gasteiger partial charge in [0.1, 0.15) is 5.15 Å². The van der Waals surface area contributed by atoms with Gasteiger partial charge in [0.2, 0.25) is 0 Å². The summed E-state index contributed by atoms with van der Waals surface area (Å²) in [5.74, 6) is 0. The summed E-state index contributed by atoms with van der Waals surface area (Å²) in [6, 6.07) is 1.31. The standard InChI is InChI=1S/C10H14ClN3O2/c1-13-2-3-16-8(5-13)6-14-7-12-9(11)4-10(14)15/h4,7-8H,2-3,5-6H2,1H3. The zero-order valence-corrected chi connectivity index (χ0v) is 9.85. The summed E-state index contributed by atoms with van der Waals surface area (Å²) in [6.07, 6.45) is 1.50. The molecule has 1 fully saturated rings. The Hall–Kier alpha value is -0.910. The first kappa shape index (κ1) is 11.6. The molecule has 5 nitrogen and oxygen atoms in total. The summed E-state index contributed by atoms with van der Waals surface area (Å²) in [6.45, 7) is 2.99. The van der Waals surface area contributed by atoms with Gasteiger partial charge in [-0.1, -0.05) is 11.6 Å². The van der Waals surface area contributed by atoms with Crippen molar-refractivity contribution >= 4 is 11.6 Å². The van der Waals surface area contributed by atoms with Gasteiger partial charge in [0.15, 0.2) is 0 Å². The maximum atomic E-state index is 11.6. The molecule has 0 spiro atoms. The van der Waals surface area contributed by atoms with Crippen LogP contribution in [0.4, 0.5) is 0 Å². The predicted molar refractivity (Wildman–Crippen MR) is 60.7 cm³/mol. The van der Waals surface area contributed by atoms with Crippen LogP contribution in [0.2, 0.25) is 5.15 Å². The summed E-state index contributed by atoms with van der Waals surface area (Å²) in [4.78, 5) is 17.6. The predicted octanol–water partition coefficient (Wildman–Crippen LogP) is 0.227. The van der Waals surface area contributed by atoms with E-state index in [1.165, 1.54) is 17.0 Å². The lowest BCUT2D eigenvalue weighted by Gasteiger charge is -2.30. The maximum absolute atomic E-state index is 11.6. The van der Waals surface area contributed by atoms with Crippen LogP contribution in [0.5, 0.6) is 0 Å². The van der Waals surface area contributed by atoms with E-state index < -0.39 is 0 Å². The van der Waals surface area contributed by atoms with Crippen molar-refractivity contribution in [3.8, 4) is 0 Å². The molecule has 1 aliphatic rings. The highest BCUT2D eigenvalue weighted by Gasteiger charge is 2.18. The average molecular weight is 244 g/mol. The van der Waals surface area contributed by atoms with Crippen molar-refractivity contribution in [1.29, 1.82) is 0 Å². The topological polar surface area (TPSA) is 47.4 Å². The molecule has 1 aromatic heterocycles. The summed E-state index contributed by atoms with van der Waals surface area (Å²) < 4.78 is 7.10. The molecule has 0 aromatic carbocycles. The molecule has 6 heteroatoms. The van der Waals surface area contributed by atoms with E-state index in [9.17, 15) is 4.79 Å². The van der Waals surface area contributed by atoms with Crippen LogP contribution in [0.25, 0.3) is 0 Å². The molecule has 2 rings (SSSR count). The largest absolute Gasteiger partial charge is 0.374 e. The molecule has 0 amide bonds. The quantitative estimate of drug-likeness (QED) is 0.698. The summed E-state index contributed by atoms with van der Waals surface area (Å²) in [5.41, 5.74) is -0.142. The molecule has 0 aliphatic carbocycles. The third-order valence-electron chi connectivity index (χ3n) is 2.59. The molecule has 16 heavy (non-hydrogen) atoms. The van der Waals surface area contributed by atoms with Crippen LogP contribution >= 0.6 is 11.6 Å². The first-order valence-corrected chi connectivity index (χ1v) is 5.55. The lowest BCUT2D eigenvalue weighted by Crippen LogP contribution is -2.43. The first-order chi connectivity index (χ1) is 7.65. The Bertz CT molecular complexity index is 421. The van der Waals surface area contributed by atoms with Crippen molar-refractivity contribution in [2.45, 2.75) is 12.6 Å². The number of hydrogen-bond acceptors (Lipinski definition) is 4. The molecule has 1 aliphatic heterocycles. The molecule has 0 saturated carbocycles. The zero-order valence-electron chi connectivity index (χ0n) is 9.10. The van der Waals surface area contributed by atoms with Crippen LogP contribution in [0, 0.1) is 0 Å². The number of nitrogens with zero attached hydrogens (tertiary/aromatic N) is 3. The number of halogens is 1. The minimum absolute atomic E-state index is 0.0411. The van der Waals surface area contributed by atoms with Crippen LogP contribution in [-0.2, 0) is 11.3 Å². The minimum Gasteiger partial charge on any atom is -0.374 e. The van der Waals surface area contributed by atoms with Crippen LogP contribution < -0.4 is 5.56 Å². The van der Waals surface area contributed by atoms with E-state index in [-0.39, 0.29) is 16.8 Å². The molecule has 0 bridgehead atoms. The number of likely N-dealkylation sites (N-methyl/N-ethyl adjacent to an activating group) is 1. The van der Waals surface area contributed by atoms with Gasteiger partial charge in [-0.05, 0) is 7.05 Å². The highest BCUT2D eigenvalue weighted by Crippen LogP contribution is 2.05. The van der Waals surface area contributed by atoms with E-state index in [2.05, 4.69) is 9.88 Å². The number of morpholine rings is 1.